The second-order valence-electron chi connectivity index (χ2n) is 14.3. The first-order valence-corrected chi connectivity index (χ1v) is 18.4. The lowest BCUT2D eigenvalue weighted by Gasteiger charge is -2.08. The summed E-state index contributed by atoms with van der Waals surface area (Å²) < 4.78 is 17.3. The fourth-order valence-corrected chi connectivity index (χ4v) is 8.80. The van der Waals surface area contributed by atoms with Crippen LogP contribution in [0.4, 0.5) is 5.69 Å². The van der Waals surface area contributed by atoms with Gasteiger partial charge in [-0.05, 0) is 120 Å². The largest absolute Gasteiger partial charge is 0.456 e. The second-order valence-corrected chi connectivity index (χ2v) is 14.3. The molecule has 0 atom stereocenters. The molecular formula is C50H26N4O2. The third-order valence-electron chi connectivity index (χ3n) is 11.3. The fourth-order valence-electron chi connectivity index (χ4n) is 8.80. The van der Waals surface area contributed by atoms with Crippen LogP contribution in [0.1, 0.15) is 5.56 Å². The SMILES string of the molecule is [C-]#[N+]c1ccc2c(c1)c1cc(C#N)ccc1n2-c1ccc2oc3ccc(-c4ccc5oc6ccc(-n7c8ccccc8c8ccccc87)cc6c5c4)cc3c2c1. The van der Waals surface area contributed by atoms with Gasteiger partial charge in [0.25, 0.3) is 0 Å². The molecule has 0 N–H and O–H groups in total. The molecule has 0 saturated carbocycles. The average Bonchev–Trinajstić information content (AvgIpc) is 3.99. The number of hydrogen-bond donors (Lipinski definition) is 0. The Kier molecular flexibility index (Phi) is 6.10. The van der Waals surface area contributed by atoms with E-state index in [9.17, 15) is 5.26 Å². The Bertz CT molecular complexity index is 3620. The Morgan fingerprint density at radius 3 is 1.43 bits per heavy atom. The van der Waals surface area contributed by atoms with Crippen molar-refractivity contribution < 1.29 is 8.83 Å². The molecule has 8 aromatic carbocycles. The molecule has 0 fully saturated rings. The summed E-state index contributed by atoms with van der Waals surface area (Å²) in [7, 11) is 0. The van der Waals surface area contributed by atoms with Crippen LogP contribution >= 0.6 is 0 Å². The predicted octanol–water partition coefficient (Wildman–Crippen LogP) is 13.8. The molecule has 0 bridgehead atoms. The van der Waals surface area contributed by atoms with Crippen LogP contribution in [0.2, 0.25) is 0 Å². The van der Waals surface area contributed by atoms with E-state index in [1.165, 1.54) is 21.8 Å². The Labute approximate surface area is 318 Å². The van der Waals surface area contributed by atoms with Crippen molar-refractivity contribution >= 4 is 93.2 Å². The third kappa shape index (κ3) is 4.24. The van der Waals surface area contributed by atoms with Crippen molar-refractivity contribution in [2.75, 3.05) is 0 Å². The van der Waals surface area contributed by atoms with Crippen LogP contribution < -0.4 is 0 Å². The van der Waals surface area contributed by atoms with E-state index in [0.29, 0.717) is 11.3 Å². The zero-order valence-electron chi connectivity index (χ0n) is 29.6. The van der Waals surface area contributed by atoms with E-state index < -0.39 is 0 Å². The van der Waals surface area contributed by atoms with Gasteiger partial charge in [-0.15, -0.1) is 0 Å². The number of rotatable bonds is 3. The molecule has 258 valence electrons. The van der Waals surface area contributed by atoms with E-state index in [1.807, 2.05) is 42.5 Å². The molecule has 56 heavy (non-hydrogen) atoms. The number of hydrogen-bond acceptors (Lipinski definition) is 3. The highest BCUT2D eigenvalue weighted by molar-refractivity contribution is 6.13. The number of fused-ring (bicyclic) bond motifs is 12. The lowest BCUT2D eigenvalue weighted by Crippen LogP contribution is -1.93. The zero-order chi connectivity index (χ0) is 37.1. The molecule has 4 heterocycles. The smallest absolute Gasteiger partial charge is 0.188 e. The summed E-state index contributed by atoms with van der Waals surface area (Å²) in [5, 5.41) is 18.2. The standard InChI is InChI=1S/C50H26N4O2/c1-52-32-13-17-46-38(25-32)37-22-29(28-51)10-16-45(37)54(46)34-15-21-50-42(27-34)40-24-31(12-19-48(40)56-50)30-11-18-47-39(23-30)41-26-33(14-20-49(41)55-47)53-43-8-4-2-6-35(43)36-7-3-5-9-44(36)53/h2-27H. The van der Waals surface area contributed by atoms with Crippen molar-refractivity contribution in [2.24, 2.45) is 0 Å². The normalized spacial score (nSPS) is 11.9. The van der Waals surface area contributed by atoms with Crippen LogP contribution in [0.15, 0.2) is 167 Å². The molecule has 12 rings (SSSR count). The molecule has 0 aliphatic carbocycles. The summed E-state index contributed by atoms with van der Waals surface area (Å²) >= 11 is 0. The van der Waals surface area contributed by atoms with Crippen molar-refractivity contribution in [3.63, 3.8) is 0 Å². The summed E-state index contributed by atoms with van der Waals surface area (Å²) in [5.41, 5.74) is 13.0. The first-order valence-electron chi connectivity index (χ1n) is 18.4. The van der Waals surface area contributed by atoms with Gasteiger partial charge in [-0.25, -0.2) is 4.85 Å². The number of benzene rings is 8. The molecule has 6 nitrogen and oxygen atoms in total. The summed E-state index contributed by atoms with van der Waals surface area (Å²) in [6, 6.07) is 56.5. The van der Waals surface area contributed by atoms with Crippen molar-refractivity contribution in [2.45, 2.75) is 0 Å². The molecule has 0 spiro atoms. The maximum Gasteiger partial charge on any atom is 0.188 e. The van der Waals surface area contributed by atoms with Gasteiger partial charge in [0.05, 0.1) is 40.3 Å². The van der Waals surface area contributed by atoms with Crippen molar-refractivity contribution in [1.82, 2.24) is 9.13 Å². The van der Waals surface area contributed by atoms with E-state index in [-0.39, 0.29) is 0 Å². The van der Waals surface area contributed by atoms with E-state index in [1.54, 1.807) is 0 Å². The van der Waals surface area contributed by atoms with Gasteiger partial charge in [0, 0.05) is 49.1 Å². The molecule has 0 aliphatic heterocycles. The topological polar surface area (TPSA) is 64.3 Å². The van der Waals surface area contributed by atoms with E-state index in [4.69, 9.17) is 15.4 Å². The number of furan rings is 2. The van der Waals surface area contributed by atoms with E-state index in [2.05, 4.69) is 135 Å². The Balaban J connectivity index is 1.01. The van der Waals surface area contributed by atoms with Gasteiger partial charge in [-0.3, -0.25) is 0 Å². The van der Waals surface area contributed by atoms with Crippen LogP contribution in [0.5, 0.6) is 0 Å². The summed E-state index contributed by atoms with van der Waals surface area (Å²) in [5.74, 6) is 0. The quantitative estimate of drug-likeness (QED) is 0.171. The maximum absolute atomic E-state index is 9.67. The Morgan fingerprint density at radius 1 is 0.429 bits per heavy atom. The van der Waals surface area contributed by atoms with Gasteiger partial charge in [-0.2, -0.15) is 5.26 Å². The van der Waals surface area contributed by atoms with Gasteiger partial charge in [0.1, 0.15) is 22.3 Å². The van der Waals surface area contributed by atoms with Gasteiger partial charge < -0.3 is 18.0 Å². The van der Waals surface area contributed by atoms with Gasteiger partial charge in [0.2, 0.25) is 0 Å². The van der Waals surface area contributed by atoms with Crippen LogP contribution in [0.25, 0.3) is 115 Å². The number of para-hydroxylation sites is 2. The molecule has 0 saturated heterocycles. The van der Waals surface area contributed by atoms with Crippen molar-refractivity contribution in [1.29, 1.82) is 5.26 Å². The molecule has 0 unspecified atom stereocenters. The zero-order valence-corrected chi connectivity index (χ0v) is 29.6. The van der Waals surface area contributed by atoms with Gasteiger partial charge in [-0.1, -0.05) is 54.6 Å². The third-order valence-corrected chi connectivity index (χ3v) is 11.3. The number of nitrogens with zero attached hydrogens (tertiary/aromatic N) is 4. The van der Waals surface area contributed by atoms with Gasteiger partial charge in [0.15, 0.2) is 5.69 Å². The molecule has 0 radical (unpaired) electrons. The lowest BCUT2D eigenvalue weighted by atomic mass is 10.0. The molecule has 6 heteroatoms. The van der Waals surface area contributed by atoms with Crippen LogP contribution in [0.3, 0.4) is 0 Å². The molecule has 12 aromatic rings. The van der Waals surface area contributed by atoms with Crippen molar-refractivity contribution in [3.05, 3.63) is 175 Å². The minimum Gasteiger partial charge on any atom is -0.456 e. The fraction of sp³-hybridized carbons (Fsp3) is 0. The number of aromatic nitrogens is 2. The van der Waals surface area contributed by atoms with E-state index >= 15 is 0 Å². The minimum absolute atomic E-state index is 0.563. The lowest BCUT2D eigenvalue weighted by molar-refractivity contribution is 0.668. The monoisotopic (exact) mass is 714 g/mol. The molecular weight excluding hydrogens is 689 g/mol. The number of nitriles is 1. The highest BCUT2D eigenvalue weighted by Crippen LogP contribution is 2.40. The molecule has 4 aromatic heterocycles. The van der Waals surface area contributed by atoms with E-state index in [0.717, 1.165) is 88.2 Å². The average molecular weight is 715 g/mol. The minimum atomic E-state index is 0.563. The second kappa shape index (κ2) is 11.2. The van der Waals surface area contributed by atoms with Crippen LogP contribution in [0, 0.1) is 17.9 Å². The Hall–Kier alpha value is -8.06. The maximum atomic E-state index is 9.67. The highest BCUT2D eigenvalue weighted by atomic mass is 16.3. The van der Waals surface area contributed by atoms with Gasteiger partial charge >= 0.3 is 0 Å². The first kappa shape index (κ1) is 30.4. The van der Waals surface area contributed by atoms with Crippen LogP contribution in [-0.2, 0) is 0 Å². The van der Waals surface area contributed by atoms with Crippen molar-refractivity contribution in [3.8, 4) is 28.6 Å². The first-order chi connectivity index (χ1) is 27.6. The highest BCUT2D eigenvalue weighted by Gasteiger charge is 2.18. The van der Waals surface area contributed by atoms with Crippen LogP contribution in [-0.4, -0.2) is 9.13 Å². The summed E-state index contributed by atoms with van der Waals surface area (Å²) in [6.07, 6.45) is 0. The molecule has 0 aliphatic rings. The summed E-state index contributed by atoms with van der Waals surface area (Å²) in [6.45, 7) is 7.61. The Morgan fingerprint density at radius 2 is 0.893 bits per heavy atom. The predicted molar refractivity (Wildman–Crippen MR) is 226 cm³/mol. The molecule has 0 amide bonds. The summed E-state index contributed by atoms with van der Waals surface area (Å²) in [4.78, 5) is 3.67.